The van der Waals surface area contributed by atoms with Crippen molar-refractivity contribution in [1.29, 1.82) is 0 Å². The van der Waals surface area contributed by atoms with Gasteiger partial charge in [0.1, 0.15) is 11.2 Å². The Morgan fingerprint density at radius 3 is 2.75 bits per heavy atom. The van der Waals surface area contributed by atoms with Crippen LogP contribution in [0.15, 0.2) is 61.1 Å². The molecule has 3 N–H and O–H groups in total. The van der Waals surface area contributed by atoms with Crippen LogP contribution < -0.4 is 5.32 Å². The molecule has 8 nitrogen and oxygen atoms in total. The highest BCUT2D eigenvalue weighted by Gasteiger charge is 2.17. The summed E-state index contributed by atoms with van der Waals surface area (Å²) in [5.41, 5.74) is 6.72. The minimum absolute atomic E-state index is 0.0444. The highest BCUT2D eigenvalue weighted by molar-refractivity contribution is 7.15. The van der Waals surface area contributed by atoms with Crippen LogP contribution >= 0.6 is 11.3 Å². The first-order valence-electron chi connectivity index (χ1n) is 11.6. The Morgan fingerprint density at radius 1 is 1.06 bits per heavy atom. The van der Waals surface area contributed by atoms with Crippen LogP contribution in [0.25, 0.3) is 55.2 Å². The quantitative estimate of drug-likeness (QED) is 0.265. The fraction of sp³-hybridized carbons (Fsp3) is 0.148. The third-order valence-corrected chi connectivity index (χ3v) is 7.08. The SMILES string of the molecule is Cc1ccc(-c2ccnc3[nH]c(-c4n[nH]c5ccc(-c6cncc(NC(=O)C(C)C)c6)cc45)nc23)s1. The molecule has 9 heteroatoms. The van der Waals surface area contributed by atoms with Crippen LogP contribution in [0.3, 0.4) is 0 Å². The number of H-pyrrole nitrogens is 2. The van der Waals surface area contributed by atoms with E-state index in [1.807, 2.05) is 38.1 Å². The largest absolute Gasteiger partial charge is 0.324 e. The van der Waals surface area contributed by atoms with Gasteiger partial charge in [-0.3, -0.25) is 14.9 Å². The summed E-state index contributed by atoms with van der Waals surface area (Å²) in [6.45, 7) is 5.82. The first kappa shape index (κ1) is 22.1. The van der Waals surface area contributed by atoms with Crippen LogP contribution in [0.5, 0.6) is 0 Å². The molecule has 6 rings (SSSR count). The Morgan fingerprint density at radius 2 is 1.94 bits per heavy atom. The minimum Gasteiger partial charge on any atom is -0.324 e. The summed E-state index contributed by atoms with van der Waals surface area (Å²) in [5, 5.41) is 11.5. The Kier molecular flexibility index (Phi) is 5.34. The minimum atomic E-state index is -0.110. The Hall–Kier alpha value is -4.37. The molecule has 0 spiro atoms. The maximum Gasteiger partial charge on any atom is 0.226 e. The third kappa shape index (κ3) is 3.93. The number of aromatic nitrogens is 6. The molecule has 0 radical (unpaired) electrons. The van der Waals surface area contributed by atoms with E-state index in [0.29, 0.717) is 11.5 Å². The molecule has 1 amide bonds. The zero-order valence-corrected chi connectivity index (χ0v) is 20.8. The summed E-state index contributed by atoms with van der Waals surface area (Å²) >= 11 is 1.74. The lowest BCUT2D eigenvalue weighted by Gasteiger charge is -2.09. The van der Waals surface area contributed by atoms with E-state index in [1.54, 1.807) is 29.9 Å². The lowest BCUT2D eigenvalue weighted by Crippen LogP contribution is -2.17. The zero-order valence-electron chi connectivity index (χ0n) is 20.0. The molecular formula is C27H23N7OS. The Bertz CT molecular complexity index is 1740. The Labute approximate surface area is 210 Å². The highest BCUT2D eigenvalue weighted by atomic mass is 32.1. The van der Waals surface area contributed by atoms with Crippen LogP contribution in [0.4, 0.5) is 5.69 Å². The van der Waals surface area contributed by atoms with Crippen molar-refractivity contribution in [2.24, 2.45) is 5.92 Å². The number of carbonyl (C=O) groups excluding carboxylic acids is 1. The number of aryl methyl sites for hydroxylation is 1. The van der Waals surface area contributed by atoms with Crippen molar-refractivity contribution in [1.82, 2.24) is 30.1 Å². The molecule has 5 aromatic heterocycles. The summed E-state index contributed by atoms with van der Waals surface area (Å²) in [6, 6.07) is 14.2. The smallest absolute Gasteiger partial charge is 0.226 e. The van der Waals surface area contributed by atoms with Crippen molar-refractivity contribution in [2.45, 2.75) is 20.8 Å². The number of amides is 1. The highest BCUT2D eigenvalue weighted by Crippen LogP contribution is 2.35. The summed E-state index contributed by atoms with van der Waals surface area (Å²) in [4.78, 5) is 31.6. The van der Waals surface area contributed by atoms with Crippen molar-refractivity contribution >= 4 is 45.0 Å². The molecule has 0 aliphatic carbocycles. The fourth-order valence-corrected chi connectivity index (χ4v) is 5.02. The normalized spacial score (nSPS) is 11.6. The van der Waals surface area contributed by atoms with Crippen molar-refractivity contribution < 1.29 is 4.79 Å². The Balaban J connectivity index is 1.41. The maximum absolute atomic E-state index is 12.1. The van der Waals surface area contributed by atoms with E-state index >= 15 is 0 Å². The topological polar surface area (TPSA) is 112 Å². The summed E-state index contributed by atoms with van der Waals surface area (Å²) in [6.07, 6.45) is 5.24. The zero-order chi connectivity index (χ0) is 24.8. The number of hydrogen-bond acceptors (Lipinski definition) is 6. The number of carbonyl (C=O) groups is 1. The average molecular weight is 494 g/mol. The molecule has 0 aliphatic heterocycles. The number of anilines is 1. The van der Waals surface area contributed by atoms with Crippen molar-refractivity contribution in [3.63, 3.8) is 0 Å². The molecule has 1 aromatic carbocycles. The van der Waals surface area contributed by atoms with Gasteiger partial charge < -0.3 is 10.3 Å². The molecule has 36 heavy (non-hydrogen) atoms. The molecular weight excluding hydrogens is 470 g/mol. The first-order chi connectivity index (χ1) is 17.5. The number of fused-ring (bicyclic) bond motifs is 2. The van der Waals surface area contributed by atoms with Crippen LogP contribution in [-0.2, 0) is 4.79 Å². The number of pyridine rings is 2. The fourth-order valence-electron chi connectivity index (χ4n) is 4.13. The maximum atomic E-state index is 12.1. The number of thiophene rings is 1. The van der Waals surface area contributed by atoms with Gasteiger partial charge in [0.15, 0.2) is 11.5 Å². The van der Waals surface area contributed by atoms with E-state index in [0.717, 1.165) is 49.3 Å². The number of aromatic amines is 2. The van der Waals surface area contributed by atoms with E-state index in [9.17, 15) is 4.79 Å². The molecule has 0 aliphatic rings. The molecule has 0 atom stereocenters. The van der Waals surface area contributed by atoms with Gasteiger partial charge in [0, 0.05) is 44.6 Å². The second kappa shape index (κ2) is 8.69. The number of nitrogens with one attached hydrogen (secondary N) is 3. The second-order valence-electron chi connectivity index (χ2n) is 8.99. The number of rotatable bonds is 5. The predicted molar refractivity (Wildman–Crippen MR) is 144 cm³/mol. The molecule has 6 aromatic rings. The first-order valence-corrected chi connectivity index (χ1v) is 12.4. The van der Waals surface area contributed by atoms with Gasteiger partial charge in [0.2, 0.25) is 5.91 Å². The van der Waals surface area contributed by atoms with Gasteiger partial charge in [0.25, 0.3) is 0 Å². The molecule has 0 fully saturated rings. The van der Waals surface area contributed by atoms with Gasteiger partial charge in [-0.15, -0.1) is 11.3 Å². The molecule has 0 saturated heterocycles. The van der Waals surface area contributed by atoms with Gasteiger partial charge in [-0.1, -0.05) is 19.9 Å². The van der Waals surface area contributed by atoms with Gasteiger partial charge >= 0.3 is 0 Å². The summed E-state index contributed by atoms with van der Waals surface area (Å²) < 4.78 is 0. The lowest BCUT2D eigenvalue weighted by atomic mass is 10.0. The predicted octanol–water partition coefficient (Wildman–Crippen LogP) is 6.19. The number of nitrogens with zero attached hydrogens (tertiary/aromatic N) is 4. The van der Waals surface area contributed by atoms with Crippen molar-refractivity contribution in [3.8, 4) is 33.1 Å². The lowest BCUT2D eigenvalue weighted by molar-refractivity contribution is -0.118. The molecule has 0 unspecified atom stereocenters. The third-order valence-electron chi connectivity index (χ3n) is 6.04. The van der Waals surface area contributed by atoms with E-state index in [1.165, 1.54) is 4.88 Å². The van der Waals surface area contributed by atoms with Gasteiger partial charge in [-0.25, -0.2) is 9.97 Å². The standard InChI is InChI=1S/C27H23N7OS/c1-14(2)27(35)30-18-10-17(12-28-13-18)16-5-6-21-20(11-16)24(34-33-21)26-31-23-19(8-9-29-25(23)32-26)22-7-4-15(3)36-22/h4-14H,1-3H3,(H,30,35)(H,33,34)(H,29,31,32). The number of hydrogen-bond donors (Lipinski definition) is 3. The summed E-state index contributed by atoms with van der Waals surface area (Å²) in [7, 11) is 0. The molecule has 5 heterocycles. The van der Waals surface area contributed by atoms with Crippen molar-refractivity contribution in [3.05, 3.63) is 65.9 Å². The second-order valence-corrected chi connectivity index (χ2v) is 10.3. The van der Waals surface area contributed by atoms with E-state index in [-0.39, 0.29) is 11.8 Å². The van der Waals surface area contributed by atoms with Crippen molar-refractivity contribution in [2.75, 3.05) is 5.32 Å². The van der Waals surface area contributed by atoms with Crippen LogP contribution in [0, 0.1) is 12.8 Å². The van der Waals surface area contributed by atoms with Gasteiger partial charge in [-0.05, 0) is 48.9 Å². The van der Waals surface area contributed by atoms with Gasteiger partial charge in [-0.2, -0.15) is 5.10 Å². The molecule has 178 valence electrons. The monoisotopic (exact) mass is 493 g/mol. The van der Waals surface area contributed by atoms with Crippen LogP contribution in [0.2, 0.25) is 0 Å². The number of benzene rings is 1. The molecule has 0 bridgehead atoms. The van der Waals surface area contributed by atoms with Gasteiger partial charge in [0.05, 0.1) is 17.4 Å². The molecule has 0 saturated carbocycles. The van der Waals surface area contributed by atoms with E-state index in [2.05, 4.69) is 55.6 Å². The summed E-state index contributed by atoms with van der Waals surface area (Å²) in [5.74, 6) is 0.496. The van der Waals surface area contributed by atoms with Crippen LogP contribution in [0.1, 0.15) is 18.7 Å². The van der Waals surface area contributed by atoms with E-state index < -0.39 is 0 Å². The number of imidazole rings is 1. The van der Waals surface area contributed by atoms with Crippen LogP contribution in [-0.4, -0.2) is 36.0 Å². The van der Waals surface area contributed by atoms with E-state index in [4.69, 9.17) is 4.98 Å². The average Bonchev–Trinajstić information content (AvgIpc) is 3.61.